The second kappa shape index (κ2) is 9.39. The summed E-state index contributed by atoms with van der Waals surface area (Å²) in [4.78, 5) is 18.5. The van der Waals surface area contributed by atoms with Gasteiger partial charge in [-0.1, -0.05) is 11.3 Å². The fourth-order valence-electron chi connectivity index (χ4n) is 5.37. The normalized spacial score (nSPS) is 20.7. The van der Waals surface area contributed by atoms with Gasteiger partial charge in [0.1, 0.15) is 12.1 Å². The third kappa shape index (κ3) is 4.19. The molecule has 2 bridgehead atoms. The lowest BCUT2D eigenvalue weighted by Crippen LogP contribution is -2.64. The predicted octanol–water partition coefficient (Wildman–Crippen LogP) is 3.07. The van der Waals surface area contributed by atoms with Crippen molar-refractivity contribution >= 4 is 33.6 Å². The highest BCUT2D eigenvalue weighted by molar-refractivity contribution is 7.18. The molecule has 0 spiro atoms. The van der Waals surface area contributed by atoms with Crippen LogP contribution >= 0.6 is 11.3 Å². The number of aromatic nitrogens is 5. The molecule has 4 aromatic rings. The smallest absolute Gasteiger partial charge is 0.217 e. The molecule has 2 saturated heterocycles. The summed E-state index contributed by atoms with van der Waals surface area (Å²) in [5, 5.41) is 39.9. The van der Waals surface area contributed by atoms with E-state index in [0.717, 1.165) is 47.1 Å². The van der Waals surface area contributed by atoms with E-state index in [1.807, 2.05) is 18.2 Å². The Kier molecular flexibility index (Phi) is 5.89. The first kappa shape index (κ1) is 23.8. The number of amides is 1. The molecule has 4 atom stereocenters. The number of nitrogens with one attached hydrogen (secondary N) is 2. The average molecular weight is 525 g/mol. The summed E-state index contributed by atoms with van der Waals surface area (Å²) in [5.74, 6) is 0.874. The van der Waals surface area contributed by atoms with Gasteiger partial charge < -0.3 is 15.5 Å². The van der Waals surface area contributed by atoms with E-state index >= 15 is 0 Å². The fourth-order valence-corrected chi connectivity index (χ4v) is 6.26. The maximum Gasteiger partial charge on any atom is 0.217 e. The van der Waals surface area contributed by atoms with Gasteiger partial charge in [-0.05, 0) is 49.4 Å². The third-order valence-electron chi connectivity index (χ3n) is 7.18. The quantitative estimate of drug-likeness (QED) is 0.388. The standard InChI is InChI=1S/C26H24N10OS/c1-14(8-27)31-21-7-22(23-4-3-19-5-16(9-28)10-30-36(19)23)29-11-20(21)25-33-34-26(38-25)35-12-17-6-18(13-35)24(17)32-15(2)37/h3-5,7,10-11,14,17-18,24H,6,12-13H2,1-2H3,(H,29,31)(H,32,37)/t14-,17-,18+,24-/m1/s1. The molecule has 3 fully saturated rings. The molecule has 1 saturated carbocycles. The molecule has 0 unspecified atom stereocenters. The van der Waals surface area contributed by atoms with Gasteiger partial charge in [0, 0.05) is 37.9 Å². The van der Waals surface area contributed by atoms with Crippen molar-refractivity contribution in [3.63, 3.8) is 0 Å². The summed E-state index contributed by atoms with van der Waals surface area (Å²) in [5.41, 5.74) is 4.20. The number of hydrogen-bond donors (Lipinski definition) is 2. The Hall–Kier alpha value is -4.55. The van der Waals surface area contributed by atoms with E-state index in [-0.39, 0.29) is 11.9 Å². The van der Waals surface area contributed by atoms with E-state index in [0.29, 0.717) is 28.1 Å². The summed E-state index contributed by atoms with van der Waals surface area (Å²) in [7, 11) is 0. The molecule has 38 heavy (non-hydrogen) atoms. The Balaban J connectivity index is 1.30. The highest BCUT2D eigenvalue weighted by atomic mass is 32.1. The van der Waals surface area contributed by atoms with Crippen molar-refractivity contribution in [3.8, 4) is 34.1 Å². The van der Waals surface area contributed by atoms with Gasteiger partial charge >= 0.3 is 0 Å². The second-order valence-electron chi connectivity index (χ2n) is 9.80. The van der Waals surface area contributed by atoms with Crippen molar-refractivity contribution < 1.29 is 4.79 Å². The number of hydrogen-bond acceptors (Lipinski definition) is 10. The first-order valence-electron chi connectivity index (χ1n) is 12.3. The fraction of sp³-hybridized carbons (Fsp3) is 0.346. The summed E-state index contributed by atoms with van der Waals surface area (Å²) in [6, 6.07) is 11.6. The maximum absolute atomic E-state index is 11.5. The van der Waals surface area contributed by atoms with Crippen LogP contribution in [0.3, 0.4) is 0 Å². The molecule has 1 amide bonds. The SMILES string of the molecule is CC(=O)N[C@@H]1[C@@H]2C[C@H]1CN(c1nnc(-c3cnc(-c4ccc5cc(C#N)cnn45)cc3N[C@H](C)C#N)s1)C2. The predicted molar refractivity (Wildman–Crippen MR) is 142 cm³/mol. The van der Waals surface area contributed by atoms with Gasteiger partial charge in [0.05, 0.1) is 40.3 Å². The summed E-state index contributed by atoms with van der Waals surface area (Å²) in [6.45, 7) is 5.04. The number of piperidine rings is 2. The van der Waals surface area contributed by atoms with Gasteiger partial charge in [0.15, 0.2) is 5.01 Å². The van der Waals surface area contributed by atoms with Gasteiger partial charge in [0.25, 0.3) is 0 Å². The molecule has 190 valence electrons. The minimum absolute atomic E-state index is 0.0229. The molecule has 1 aliphatic carbocycles. The Labute approximate surface area is 222 Å². The molecular weight excluding hydrogens is 500 g/mol. The van der Waals surface area contributed by atoms with Crippen LogP contribution in [0.4, 0.5) is 10.8 Å². The molecule has 0 radical (unpaired) electrons. The molecule has 2 N–H and O–H groups in total. The number of carbonyl (C=O) groups excluding carboxylic acids is 1. The Morgan fingerprint density at radius 1 is 1.18 bits per heavy atom. The van der Waals surface area contributed by atoms with Crippen molar-refractivity contribution in [3.05, 3.63) is 42.2 Å². The third-order valence-corrected chi connectivity index (χ3v) is 8.20. The molecular formula is C26H24N10OS. The lowest BCUT2D eigenvalue weighted by molar-refractivity contribution is -0.122. The number of nitriles is 2. The highest BCUT2D eigenvalue weighted by Crippen LogP contribution is 2.43. The first-order chi connectivity index (χ1) is 18.4. The average Bonchev–Trinajstić information content (AvgIpc) is 3.59. The van der Waals surface area contributed by atoms with E-state index in [9.17, 15) is 15.3 Å². The van der Waals surface area contributed by atoms with E-state index in [2.05, 4.69) is 43.0 Å². The summed E-state index contributed by atoms with van der Waals surface area (Å²) < 4.78 is 1.74. The van der Waals surface area contributed by atoms with Crippen molar-refractivity contribution in [1.82, 2.24) is 30.1 Å². The first-order valence-corrected chi connectivity index (χ1v) is 13.2. The Morgan fingerprint density at radius 3 is 2.74 bits per heavy atom. The van der Waals surface area contributed by atoms with Crippen molar-refractivity contribution in [2.75, 3.05) is 23.3 Å². The lowest BCUT2D eigenvalue weighted by atomic mass is 9.66. The summed E-state index contributed by atoms with van der Waals surface area (Å²) in [6.07, 6.45) is 4.39. The van der Waals surface area contributed by atoms with Gasteiger partial charge in [-0.15, -0.1) is 10.2 Å². The van der Waals surface area contributed by atoms with Crippen LogP contribution in [0.2, 0.25) is 0 Å². The van der Waals surface area contributed by atoms with Gasteiger partial charge in [-0.25, -0.2) is 4.52 Å². The monoisotopic (exact) mass is 524 g/mol. The van der Waals surface area contributed by atoms with E-state index in [4.69, 9.17) is 4.98 Å². The number of anilines is 2. The zero-order valence-electron chi connectivity index (χ0n) is 20.8. The largest absolute Gasteiger partial charge is 0.369 e. The lowest BCUT2D eigenvalue weighted by Gasteiger charge is -2.53. The molecule has 11 nitrogen and oxygen atoms in total. The second-order valence-corrected chi connectivity index (χ2v) is 10.8. The number of fused-ring (bicyclic) bond motifs is 3. The zero-order valence-corrected chi connectivity index (χ0v) is 21.6. The zero-order chi connectivity index (χ0) is 26.4. The van der Waals surface area contributed by atoms with E-state index in [1.165, 1.54) is 17.5 Å². The van der Waals surface area contributed by atoms with Crippen LogP contribution in [0.25, 0.3) is 27.5 Å². The van der Waals surface area contributed by atoms with Crippen LogP contribution in [0.15, 0.2) is 36.7 Å². The number of nitrogens with zero attached hydrogens (tertiary/aromatic N) is 8. The van der Waals surface area contributed by atoms with E-state index < -0.39 is 6.04 Å². The van der Waals surface area contributed by atoms with Gasteiger partial charge in [0.2, 0.25) is 11.0 Å². The number of pyridine rings is 1. The molecule has 3 aliphatic rings. The van der Waals surface area contributed by atoms with Crippen LogP contribution < -0.4 is 15.5 Å². The topological polar surface area (TPSA) is 148 Å². The van der Waals surface area contributed by atoms with Crippen LogP contribution in [-0.2, 0) is 4.79 Å². The van der Waals surface area contributed by atoms with Crippen LogP contribution in [0.1, 0.15) is 25.8 Å². The Morgan fingerprint density at radius 2 is 2.00 bits per heavy atom. The highest BCUT2D eigenvalue weighted by Gasteiger charge is 2.47. The van der Waals surface area contributed by atoms with Crippen molar-refractivity contribution in [2.24, 2.45) is 11.8 Å². The summed E-state index contributed by atoms with van der Waals surface area (Å²) >= 11 is 1.49. The van der Waals surface area contributed by atoms with Crippen LogP contribution in [-0.4, -0.2) is 55.9 Å². The molecule has 0 aromatic carbocycles. The van der Waals surface area contributed by atoms with Gasteiger partial charge in [-0.3, -0.25) is 9.78 Å². The van der Waals surface area contributed by atoms with Gasteiger partial charge in [-0.2, -0.15) is 15.6 Å². The molecule has 4 aromatic heterocycles. The number of rotatable bonds is 6. The van der Waals surface area contributed by atoms with Crippen molar-refractivity contribution in [2.45, 2.75) is 32.4 Å². The van der Waals surface area contributed by atoms with Crippen LogP contribution in [0, 0.1) is 34.5 Å². The molecule has 7 rings (SSSR count). The molecule has 6 heterocycles. The van der Waals surface area contributed by atoms with Crippen LogP contribution in [0.5, 0.6) is 0 Å². The maximum atomic E-state index is 11.5. The van der Waals surface area contributed by atoms with E-state index in [1.54, 1.807) is 30.6 Å². The van der Waals surface area contributed by atoms with Crippen molar-refractivity contribution in [1.29, 1.82) is 10.5 Å². The Bertz CT molecular complexity index is 1620. The minimum Gasteiger partial charge on any atom is -0.369 e. The molecule has 2 aliphatic heterocycles. The molecule has 12 heteroatoms. The number of carbonyl (C=O) groups is 1. The minimum atomic E-state index is -0.434.